The van der Waals surface area contributed by atoms with Gasteiger partial charge in [0.25, 0.3) is 0 Å². The molecule has 0 saturated heterocycles. The topological polar surface area (TPSA) is 0 Å². The Bertz CT molecular complexity index is 176. The third kappa shape index (κ3) is 4.56. The Morgan fingerprint density at radius 3 is 2.15 bits per heavy atom. The normalized spacial score (nSPS) is 13.1. The maximum absolute atomic E-state index is 3.80. The van der Waals surface area contributed by atoms with E-state index in [1.54, 1.807) is 0 Å². The van der Waals surface area contributed by atoms with Crippen molar-refractivity contribution in [2.75, 3.05) is 0 Å². The Morgan fingerprint density at radius 2 is 1.85 bits per heavy atom. The van der Waals surface area contributed by atoms with Crippen molar-refractivity contribution in [1.82, 2.24) is 0 Å². The first-order chi connectivity index (χ1) is 6.11. The summed E-state index contributed by atoms with van der Waals surface area (Å²) in [7, 11) is 0. The van der Waals surface area contributed by atoms with Gasteiger partial charge in [-0.15, -0.1) is 11.8 Å². The summed E-state index contributed by atoms with van der Waals surface area (Å²) in [5.41, 5.74) is 1.35. The molecule has 0 fully saturated rings. The van der Waals surface area contributed by atoms with E-state index in [1.807, 2.05) is 17.8 Å². The molecule has 0 atom stereocenters. The Kier molecular flexibility index (Phi) is 6.23. The molecule has 0 amide bonds. The summed E-state index contributed by atoms with van der Waals surface area (Å²) in [5, 5.41) is 2.26. The van der Waals surface area contributed by atoms with E-state index in [0.717, 1.165) is 6.42 Å². The van der Waals surface area contributed by atoms with Crippen molar-refractivity contribution in [3.8, 4) is 0 Å². The lowest BCUT2D eigenvalue weighted by Gasteiger charge is -2.24. The van der Waals surface area contributed by atoms with Crippen molar-refractivity contribution >= 4 is 11.8 Å². The molecule has 0 aliphatic rings. The van der Waals surface area contributed by atoms with Crippen LogP contribution in [0.2, 0.25) is 0 Å². The lowest BCUT2D eigenvalue weighted by Crippen LogP contribution is -2.15. The zero-order valence-corrected chi connectivity index (χ0v) is 10.2. The van der Waals surface area contributed by atoms with E-state index in [-0.39, 0.29) is 0 Å². The lowest BCUT2D eigenvalue weighted by atomic mass is 10.1. The highest BCUT2D eigenvalue weighted by molar-refractivity contribution is 8.03. The molecular weight excluding hydrogens is 176 g/mol. The van der Waals surface area contributed by atoms with Gasteiger partial charge in [-0.25, -0.2) is 0 Å². The van der Waals surface area contributed by atoms with Crippen molar-refractivity contribution in [1.29, 1.82) is 0 Å². The van der Waals surface area contributed by atoms with Gasteiger partial charge in [0.2, 0.25) is 0 Å². The molecule has 0 N–H and O–H groups in total. The standard InChI is InChI=1S/C12H22S/c1-6-11(7-2)10-13-12(5,8-3)9-4/h6,10H,1,7-9H2,2-5H3. The predicted octanol–water partition coefficient (Wildman–Crippen LogP) is 4.78. The zero-order valence-electron chi connectivity index (χ0n) is 9.39. The Morgan fingerprint density at radius 1 is 1.31 bits per heavy atom. The second-order valence-corrected chi connectivity index (χ2v) is 4.98. The van der Waals surface area contributed by atoms with Crippen molar-refractivity contribution in [3.05, 3.63) is 23.6 Å². The molecule has 0 rings (SSSR count). The molecule has 13 heavy (non-hydrogen) atoms. The smallest absolute Gasteiger partial charge is 0.0168 e. The molecule has 0 unspecified atom stereocenters. The van der Waals surface area contributed by atoms with Crippen LogP contribution in [0.25, 0.3) is 0 Å². The molecule has 0 aromatic heterocycles. The van der Waals surface area contributed by atoms with Crippen LogP contribution < -0.4 is 0 Å². The van der Waals surface area contributed by atoms with Gasteiger partial charge in [0.05, 0.1) is 0 Å². The number of rotatable bonds is 6. The molecule has 0 radical (unpaired) electrons. The maximum atomic E-state index is 3.80. The fraction of sp³-hybridized carbons (Fsp3) is 0.667. The summed E-state index contributed by atoms with van der Waals surface area (Å²) in [6.07, 6.45) is 5.48. The Balaban J connectivity index is 4.25. The summed E-state index contributed by atoms with van der Waals surface area (Å²) in [6, 6.07) is 0. The second kappa shape index (κ2) is 6.31. The molecular formula is C12H22S. The van der Waals surface area contributed by atoms with Crippen LogP contribution in [-0.2, 0) is 0 Å². The quantitative estimate of drug-likeness (QED) is 0.554. The van der Waals surface area contributed by atoms with Crippen molar-refractivity contribution in [2.45, 2.75) is 51.7 Å². The molecule has 0 aromatic carbocycles. The first kappa shape index (κ1) is 12.8. The number of hydrogen-bond donors (Lipinski definition) is 0. The average molecular weight is 198 g/mol. The van der Waals surface area contributed by atoms with Crippen LogP contribution in [0.3, 0.4) is 0 Å². The maximum Gasteiger partial charge on any atom is 0.0168 e. The lowest BCUT2D eigenvalue weighted by molar-refractivity contribution is 0.602. The Hall–Kier alpha value is -0.170. The highest BCUT2D eigenvalue weighted by atomic mass is 32.2. The van der Waals surface area contributed by atoms with Gasteiger partial charge in [-0.05, 0) is 30.2 Å². The minimum Gasteiger partial charge on any atom is -0.127 e. The number of allylic oxidation sites excluding steroid dienone is 2. The molecule has 1 heteroatoms. The molecule has 0 aromatic rings. The third-order valence-electron chi connectivity index (χ3n) is 2.66. The first-order valence-electron chi connectivity index (χ1n) is 5.11. The molecule has 0 bridgehead atoms. The van der Waals surface area contributed by atoms with Crippen LogP contribution in [-0.4, -0.2) is 4.75 Å². The second-order valence-electron chi connectivity index (χ2n) is 3.53. The predicted molar refractivity (Wildman–Crippen MR) is 65.1 cm³/mol. The SMILES string of the molecule is C=CC(=CSC(C)(CC)CC)CC. The first-order valence-corrected chi connectivity index (χ1v) is 5.99. The van der Waals surface area contributed by atoms with Crippen LogP contribution in [0.1, 0.15) is 47.0 Å². The molecule has 0 aliphatic heterocycles. The third-order valence-corrected chi connectivity index (χ3v) is 4.23. The molecule has 76 valence electrons. The number of hydrogen-bond acceptors (Lipinski definition) is 1. The minimum absolute atomic E-state index is 0.406. The van der Waals surface area contributed by atoms with Gasteiger partial charge in [0.15, 0.2) is 0 Å². The fourth-order valence-corrected chi connectivity index (χ4v) is 1.94. The summed E-state index contributed by atoms with van der Waals surface area (Å²) in [5.74, 6) is 0. The molecule has 0 nitrogen and oxygen atoms in total. The highest BCUT2D eigenvalue weighted by Gasteiger charge is 2.18. The van der Waals surface area contributed by atoms with E-state index in [4.69, 9.17) is 0 Å². The van der Waals surface area contributed by atoms with Gasteiger partial charge in [-0.2, -0.15) is 0 Å². The van der Waals surface area contributed by atoms with Crippen LogP contribution in [0, 0.1) is 0 Å². The summed E-state index contributed by atoms with van der Waals surface area (Å²) >= 11 is 1.95. The van der Waals surface area contributed by atoms with E-state index >= 15 is 0 Å². The Labute approximate surface area is 87.5 Å². The molecule has 0 heterocycles. The van der Waals surface area contributed by atoms with Gasteiger partial charge < -0.3 is 0 Å². The highest BCUT2D eigenvalue weighted by Crippen LogP contribution is 2.33. The van der Waals surface area contributed by atoms with E-state index in [0.29, 0.717) is 4.75 Å². The van der Waals surface area contributed by atoms with Crippen LogP contribution in [0.5, 0.6) is 0 Å². The van der Waals surface area contributed by atoms with Crippen molar-refractivity contribution < 1.29 is 0 Å². The van der Waals surface area contributed by atoms with Crippen LogP contribution >= 0.6 is 11.8 Å². The molecule has 0 saturated carbocycles. The van der Waals surface area contributed by atoms with Gasteiger partial charge >= 0.3 is 0 Å². The van der Waals surface area contributed by atoms with Gasteiger partial charge in [-0.1, -0.05) is 40.3 Å². The largest absolute Gasteiger partial charge is 0.127 e. The summed E-state index contributed by atoms with van der Waals surface area (Å²) < 4.78 is 0.406. The summed E-state index contributed by atoms with van der Waals surface area (Å²) in [6.45, 7) is 12.8. The monoisotopic (exact) mass is 198 g/mol. The van der Waals surface area contributed by atoms with Crippen LogP contribution in [0.4, 0.5) is 0 Å². The summed E-state index contributed by atoms with van der Waals surface area (Å²) in [4.78, 5) is 0. The minimum atomic E-state index is 0.406. The number of thioether (sulfide) groups is 1. The van der Waals surface area contributed by atoms with E-state index in [1.165, 1.54) is 18.4 Å². The molecule has 0 aliphatic carbocycles. The van der Waals surface area contributed by atoms with E-state index < -0.39 is 0 Å². The van der Waals surface area contributed by atoms with E-state index in [2.05, 4.69) is 39.7 Å². The van der Waals surface area contributed by atoms with Crippen LogP contribution in [0.15, 0.2) is 23.6 Å². The van der Waals surface area contributed by atoms with Gasteiger partial charge in [0.1, 0.15) is 0 Å². The molecule has 0 spiro atoms. The van der Waals surface area contributed by atoms with E-state index in [9.17, 15) is 0 Å². The van der Waals surface area contributed by atoms with Crippen molar-refractivity contribution in [2.24, 2.45) is 0 Å². The zero-order chi connectivity index (χ0) is 10.3. The van der Waals surface area contributed by atoms with Gasteiger partial charge in [-0.3, -0.25) is 0 Å². The fourth-order valence-electron chi connectivity index (χ4n) is 0.910. The van der Waals surface area contributed by atoms with Gasteiger partial charge in [0, 0.05) is 4.75 Å². The van der Waals surface area contributed by atoms with Crippen molar-refractivity contribution in [3.63, 3.8) is 0 Å². The average Bonchev–Trinajstić information content (AvgIpc) is 2.19.